The smallest absolute Gasteiger partial charge is 0.0589 e. The maximum atomic E-state index is 5.95. The van der Waals surface area contributed by atoms with Crippen LogP contribution < -0.4 is 5.73 Å². The molecule has 0 spiro atoms. The number of hydrogen-bond donors (Lipinski definition) is 1. The summed E-state index contributed by atoms with van der Waals surface area (Å²) in [5.41, 5.74) is 7.20. The van der Waals surface area contributed by atoms with E-state index < -0.39 is 0 Å². The third-order valence-electron chi connectivity index (χ3n) is 1.46. The Bertz CT molecular complexity index is 286. The van der Waals surface area contributed by atoms with Crippen LogP contribution in [0.3, 0.4) is 0 Å². The molecule has 2 N–H and O–H groups in total. The molecule has 0 aliphatic rings. The van der Waals surface area contributed by atoms with E-state index in [9.17, 15) is 0 Å². The summed E-state index contributed by atoms with van der Waals surface area (Å²) in [5, 5.41) is 2.04. The van der Waals surface area contributed by atoms with Crippen LogP contribution in [0.5, 0.6) is 0 Å². The third kappa shape index (κ3) is 2.44. The first kappa shape index (κ1) is 9.96. The SMILES string of the molecule is CC(C)=CC(N)c1sccc1Br. The van der Waals surface area contributed by atoms with Gasteiger partial charge in [-0.2, -0.15) is 0 Å². The van der Waals surface area contributed by atoms with Gasteiger partial charge >= 0.3 is 0 Å². The molecule has 0 aromatic carbocycles. The van der Waals surface area contributed by atoms with E-state index in [4.69, 9.17) is 5.73 Å². The second kappa shape index (κ2) is 4.21. The van der Waals surface area contributed by atoms with Crippen molar-refractivity contribution in [2.75, 3.05) is 0 Å². The average Bonchev–Trinajstić information content (AvgIpc) is 2.33. The van der Waals surface area contributed by atoms with Gasteiger partial charge in [-0.25, -0.2) is 0 Å². The first-order chi connectivity index (χ1) is 5.61. The normalized spacial score (nSPS) is 12.7. The quantitative estimate of drug-likeness (QED) is 0.794. The van der Waals surface area contributed by atoms with Crippen molar-refractivity contribution in [3.05, 3.63) is 32.4 Å². The van der Waals surface area contributed by atoms with Gasteiger partial charge in [-0.3, -0.25) is 0 Å². The highest BCUT2D eigenvalue weighted by molar-refractivity contribution is 9.10. The minimum Gasteiger partial charge on any atom is -0.320 e. The van der Waals surface area contributed by atoms with Crippen molar-refractivity contribution >= 4 is 27.3 Å². The van der Waals surface area contributed by atoms with Crippen LogP contribution >= 0.6 is 27.3 Å². The standard InChI is InChI=1S/C9H12BrNS/c1-6(2)5-8(11)9-7(10)3-4-12-9/h3-5,8H,11H2,1-2H3. The zero-order chi connectivity index (χ0) is 9.14. The molecule has 66 valence electrons. The Morgan fingerprint density at radius 3 is 2.75 bits per heavy atom. The Morgan fingerprint density at radius 2 is 2.33 bits per heavy atom. The molecule has 1 aromatic heterocycles. The van der Waals surface area contributed by atoms with E-state index >= 15 is 0 Å². The highest BCUT2D eigenvalue weighted by Crippen LogP contribution is 2.28. The molecule has 0 aliphatic carbocycles. The highest BCUT2D eigenvalue weighted by atomic mass is 79.9. The van der Waals surface area contributed by atoms with Crippen molar-refractivity contribution in [3.8, 4) is 0 Å². The molecule has 1 rings (SSSR count). The molecule has 0 radical (unpaired) electrons. The van der Waals surface area contributed by atoms with Crippen LogP contribution in [0.2, 0.25) is 0 Å². The van der Waals surface area contributed by atoms with Crippen molar-refractivity contribution in [2.45, 2.75) is 19.9 Å². The summed E-state index contributed by atoms with van der Waals surface area (Å²) in [5.74, 6) is 0. The van der Waals surface area contributed by atoms with Gasteiger partial charge in [0, 0.05) is 9.35 Å². The zero-order valence-corrected chi connectivity index (χ0v) is 9.58. The summed E-state index contributed by atoms with van der Waals surface area (Å²) >= 11 is 5.14. The molecule has 0 saturated heterocycles. The maximum absolute atomic E-state index is 5.95. The summed E-state index contributed by atoms with van der Waals surface area (Å²) in [6.07, 6.45) is 2.07. The molecule has 1 heterocycles. The average molecular weight is 246 g/mol. The molecule has 0 fully saturated rings. The van der Waals surface area contributed by atoms with Gasteiger partial charge in [0.15, 0.2) is 0 Å². The number of allylic oxidation sites excluding steroid dienone is 1. The fourth-order valence-electron chi connectivity index (χ4n) is 0.978. The second-order valence-electron chi connectivity index (χ2n) is 2.90. The minimum atomic E-state index is 0.0318. The third-order valence-corrected chi connectivity index (χ3v) is 3.43. The van der Waals surface area contributed by atoms with Crippen molar-refractivity contribution in [1.82, 2.24) is 0 Å². The van der Waals surface area contributed by atoms with Gasteiger partial charge in [0.25, 0.3) is 0 Å². The van der Waals surface area contributed by atoms with Crippen LogP contribution in [0.15, 0.2) is 27.6 Å². The summed E-state index contributed by atoms with van der Waals surface area (Å²) in [6, 6.07) is 2.06. The van der Waals surface area contributed by atoms with Crippen molar-refractivity contribution in [1.29, 1.82) is 0 Å². The van der Waals surface area contributed by atoms with Crippen molar-refractivity contribution in [2.24, 2.45) is 5.73 Å². The monoisotopic (exact) mass is 245 g/mol. The van der Waals surface area contributed by atoms with E-state index in [1.54, 1.807) is 11.3 Å². The van der Waals surface area contributed by atoms with Crippen molar-refractivity contribution < 1.29 is 0 Å². The molecular formula is C9H12BrNS. The Balaban J connectivity index is 2.85. The molecule has 12 heavy (non-hydrogen) atoms. The largest absolute Gasteiger partial charge is 0.320 e. The minimum absolute atomic E-state index is 0.0318. The number of thiophene rings is 1. The van der Waals surface area contributed by atoms with Gasteiger partial charge in [0.2, 0.25) is 0 Å². The lowest BCUT2D eigenvalue weighted by atomic mass is 10.2. The Labute approximate surface area is 85.4 Å². The Morgan fingerprint density at radius 1 is 1.67 bits per heavy atom. The van der Waals surface area contributed by atoms with Crippen LogP contribution in [0.4, 0.5) is 0 Å². The molecule has 1 atom stereocenters. The molecule has 0 aliphatic heterocycles. The number of hydrogen-bond acceptors (Lipinski definition) is 2. The first-order valence-electron chi connectivity index (χ1n) is 3.74. The highest BCUT2D eigenvalue weighted by Gasteiger charge is 2.07. The van der Waals surface area contributed by atoms with Gasteiger partial charge in [0.1, 0.15) is 0 Å². The van der Waals surface area contributed by atoms with E-state index in [0.29, 0.717) is 0 Å². The molecule has 1 unspecified atom stereocenters. The van der Waals surface area contributed by atoms with Gasteiger partial charge in [-0.1, -0.05) is 11.6 Å². The Kier molecular flexibility index (Phi) is 3.50. The van der Waals surface area contributed by atoms with Crippen molar-refractivity contribution in [3.63, 3.8) is 0 Å². The molecule has 0 saturated carbocycles. The van der Waals surface area contributed by atoms with Gasteiger partial charge < -0.3 is 5.73 Å². The lowest BCUT2D eigenvalue weighted by molar-refractivity contribution is 0.918. The summed E-state index contributed by atoms with van der Waals surface area (Å²) in [4.78, 5) is 1.19. The molecule has 1 nitrogen and oxygen atoms in total. The van der Waals surface area contributed by atoms with Crippen LogP contribution in [-0.2, 0) is 0 Å². The van der Waals surface area contributed by atoms with Crippen LogP contribution in [0.1, 0.15) is 24.8 Å². The number of nitrogens with two attached hydrogens (primary N) is 1. The predicted octanol–water partition coefficient (Wildman–Crippen LogP) is 3.48. The number of rotatable bonds is 2. The van der Waals surface area contributed by atoms with E-state index in [1.165, 1.54) is 10.5 Å². The summed E-state index contributed by atoms with van der Waals surface area (Å²) in [6.45, 7) is 4.11. The first-order valence-corrected chi connectivity index (χ1v) is 5.42. The zero-order valence-electron chi connectivity index (χ0n) is 7.17. The fraction of sp³-hybridized carbons (Fsp3) is 0.333. The Hall–Kier alpha value is -0.120. The molecule has 3 heteroatoms. The molecule has 0 amide bonds. The molecule has 1 aromatic rings. The van der Waals surface area contributed by atoms with E-state index in [2.05, 4.69) is 35.9 Å². The van der Waals surface area contributed by atoms with Crippen LogP contribution in [0, 0.1) is 0 Å². The van der Waals surface area contributed by atoms with Gasteiger partial charge in [0.05, 0.1) is 6.04 Å². The number of halogens is 1. The summed E-state index contributed by atoms with van der Waals surface area (Å²) < 4.78 is 1.11. The van der Waals surface area contributed by atoms with Crippen LogP contribution in [-0.4, -0.2) is 0 Å². The van der Waals surface area contributed by atoms with E-state index in [-0.39, 0.29) is 6.04 Å². The maximum Gasteiger partial charge on any atom is 0.0589 e. The second-order valence-corrected chi connectivity index (χ2v) is 4.70. The summed E-state index contributed by atoms with van der Waals surface area (Å²) in [7, 11) is 0. The lowest BCUT2D eigenvalue weighted by Gasteiger charge is -2.04. The topological polar surface area (TPSA) is 26.0 Å². The molecular weight excluding hydrogens is 234 g/mol. The predicted molar refractivity (Wildman–Crippen MR) is 58.4 cm³/mol. The van der Waals surface area contributed by atoms with Crippen LogP contribution in [0.25, 0.3) is 0 Å². The fourth-order valence-corrected chi connectivity index (χ4v) is 2.59. The van der Waals surface area contributed by atoms with Gasteiger partial charge in [-0.05, 0) is 41.2 Å². The van der Waals surface area contributed by atoms with E-state index in [0.717, 1.165) is 4.47 Å². The lowest BCUT2D eigenvalue weighted by Crippen LogP contribution is -2.05. The molecule has 0 bridgehead atoms. The van der Waals surface area contributed by atoms with E-state index in [1.807, 2.05) is 11.4 Å². The van der Waals surface area contributed by atoms with Gasteiger partial charge in [-0.15, -0.1) is 11.3 Å².